The summed E-state index contributed by atoms with van der Waals surface area (Å²) in [5.74, 6) is 0. The van der Waals surface area contributed by atoms with Gasteiger partial charge in [0.1, 0.15) is 11.1 Å². The van der Waals surface area contributed by atoms with Crippen LogP contribution in [0.4, 0.5) is 0 Å². The van der Waals surface area contributed by atoms with Gasteiger partial charge in [-0.2, -0.15) is 0 Å². The number of rotatable bonds is 4. The quantitative estimate of drug-likeness (QED) is 0.165. The van der Waals surface area contributed by atoms with Crippen LogP contribution < -0.4 is 0 Å². The molecule has 4 heterocycles. The fourth-order valence-electron chi connectivity index (χ4n) is 6.59. The van der Waals surface area contributed by atoms with Crippen molar-refractivity contribution in [3.05, 3.63) is 137 Å². The Hall–Kier alpha value is -4.48. The third-order valence-electron chi connectivity index (χ3n) is 8.97. The van der Waals surface area contributed by atoms with E-state index in [-0.39, 0.29) is 30.9 Å². The van der Waals surface area contributed by atoms with Gasteiger partial charge in [-0.15, -0.1) is 65.4 Å². The summed E-state index contributed by atoms with van der Waals surface area (Å²) in [7, 11) is 0. The average Bonchev–Trinajstić information content (AvgIpc) is 3.72. The molecule has 0 aliphatic heterocycles. The molecule has 4 aromatic carbocycles. The fourth-order valence-corrected chi connectivity index (χ4v) is 7.61. The molecule has 0 aliphatic carbocycles. The molecule has 0 saturated heterocycles. The van der Waals surface area contributed by atoms with Crippen molar-refractivity contribution in [1.29, 1.82) is 0 Å². The van der Waals surface area contributed by atoms with Gasteiger partial charge in [0, 0.05) is 48.9 Å². The van der Waals surface area contributed by atoms with Crippen LogP contribution in [0.5, 0.6) is 0 Å². The molecule has 8 aromatic rings. The van der Waals surface area contributed by atoms with Crippen LogP contribution in [-0.4, -0.2) is 15.0 Å². The van der Waals surface area contributed by atoms with Crippen LogP contribution in [-0.2, 0) is 31.9 Å². The Kier molecular flexibility index (Phi) is 10.7. The number of hydrogen-bond donors (Lipinski definition) is 0. The molecule has 0 aliphatic rings. The van der Waals surface area contributed by atoms with E-state index in [0.29, 0.717) is 0 Å². The molecule has 0 unspecified atom stereocenters. The first kappa shape index (κ1) is 37.3. The molecule has 0 spiro atoms. The Balaban J connectivity index is 0.000000302. The van der Waals surface area contributed by atoms with Crippen molar-refractivity contribution in [2.75, 3.05) is 0 Å². The average molecular weight is 878 g/mol. The van der Waals surface area contributed by atoms with Crippen molar-refractivity contribution in [1.82, 2.24) is 15.0 Å². The molecule has 8 rings (SSSR count). The molecule has 52 heavy (non-hydrogen) atoms. The molecular weight excluding hydrogens is 835 g/mol. The number of fused-ring (bicyclic) bond motifs is 5. The third-order valence-corrected chi connectivity index (χ3v) is 10.4. The molecule has 4 nitrogen and oxygen atoms in total. The summed E-state index contributed by atoms with van der Waals surface area (Å²) in [5, 5.41) is 3.28. The van der Waals surface area contributed by atoms with E-state index in [1.54, 1.807) is 17.5 Å². The van der Waals surface area contributed by atoms with Gasteiger partial charge >= 0.3 is 0 Å². The zero-order valence-electron chi connectivity index (χ0n) is 31.0. The predicted molar refractivity (Wildman–Crippen MR) is 214 cm³/mol. The maximum atomic E-state index is 6.64. The zero-order valence-corrected chi connectivity index (χ0v) is 34.2. The van der Waals surface area contributed by atoms with Crippen LogP contribution in [0.15, 0.2) is 108 Å². The number of thiazole rings is 1. The number of hydrogen-bond acceptors (Lipinski definition) is 5. The van der Waals surface area contributed by atoms with Gasteiger partial charge in [-0.1, -0.05) is 95.0 Å². The third kappa shape index (κ3) is 7.66. The number of benzene rings is 4. The monoisotopic (exact) mass is 878 g/mol. The molecular formula is C46H43IrN3OS-2. The Morgan fingerprint density at radius 3 is 2.15 bits per heavy atom. The second-order valence-electron chi connectivity index (χ2n) is 15.5. The predicted octanol–water partition coefficient (Wildman–Crippen LogP) is 12.8. The fraction of sp³-hybridized carbons (Fsp3) is 0.239. The van der Waals surface area contributed by atoms with Gasteiger partial charge in [-0.05, 0) is 71.5 Å². The second-order valence-corrected chi connectivity index (χ2v) is 16.5. The summed E-state index contributed by atoms with van der Waals surface area (Å²) in [5.41, 5.74) is 12.8. The number of furan rings is 1. The van der Waals surface area contributed by atoms with Gasteiger partial charge < -0.3 is 14.4 Å². The number of nitrogens with zero attached hydrogens (tertiary/aromatic N) is 3. The molecule has 6 heteroatoms. The van der Waals surface area contributed by atoms with Crippen LogP contribution in [0.25, 0.3) is 65.8 Å². The van der Waals surface area contributed by atoms with E-state index < -0.39 is 0 Å². The second kappa shape index (κ2) is 14.9. The van der Waals surface area contributed by atoms with E-state index in [1.165, 1.54) is 27.8 Å². The van der Waals surface area contributed by atoms with Gasteiger partial charge in [0.2, 0.25) is 0 Å². The van der Waals surface area contributed by atoms with E-state index in [2.05, 4.69) is 121 Å². The van der Waals surface area contributed by atoms with Crippen LogP contribution in [0.3, 0.4) is 0 Å². The molecule has 0 amide bonds. The van der Waals surface area contributed by atoms with Crippen LogP contribution in [0, 0.1) is 31.4 Å². The Bertz CT molecular complexity index is 2430. The molecule has 0 atom stereocenters. The summed E-state index contributed by atoms with van der Waals surface area (Å²) in [6, 6.07) is 37.5. The zero-order chi connectivity index (χ0) is 35.9. The number of aryl methyl sites for hydroxylation is 2. The summed E-state index contributed by atoms with van der Waals surface area (Å²) >= 11 is 1.75. The first-order valence-corrected chi connectivity index (χ1v) is 18.3. The topological polar surface area (TPSA) is 51.8 Å². The Labute approximate surface area is 324 Å². The van der Waals surface area contributed by atoms with Crippen molar-refractivity contribution in [3.8, 4) is 33.6 Å². The SMILES string of the molecule is Cc1cccc(C)c1-c1cnc(-c2[c-]ccc3c2oc2c3ccc3sc(C(C)(C)C)nc32)cc1CC(C)(C)C.[Ir].[c-]1ccccc1-c1ccccn1. The van der Waals surface area contributed by atoms with Gasteiger partial charge in [-0.3, -0.25) is 0 Å². The normalized spacial score (nSPS) is 11.8. The summed E-state index contributed by atoms with van der Waals surface area (Å²) < 4.78 is 7.80. The van der Waals surface area contributed by atoms with Crippen LogP contribution >= 0.6 is 11.3 Å². The van der Waals surface area contributed by atoms with Gasteiger partial charge in [0.05, 0.1) is 15.3 Å². The van der Waals surface area contributed by atoms with Gasteiger partial charge in [0.25, 0.3) is 0 Å². The smallest absolute Gasteiger partial charge is 0.148 e. The first-order valence-electron chi connectivity index (χ1n) is 17.5. The summed E-state index contributed by atoms with van der Waals surface area (Å²) in [6.07, 6.45) is 4.78. The van der Waals surface area contributed by atoms with E-state index in [4.69, 9.17) is 14.4 Å². The van der Waals surface area contributed by atoms with Crippen LogP contribution in [0.1, 0.15) is 63.2 Å². The largest absolute Gasteiger partial charge is 0.498 e. The molecule has 4 aromatic heterocycles. The van der Waals surface area contributed by atoms with Gasteiger partial charge in [-0.25, -0.2) is 4.98 Å². The van der Waals surface area contributed by atoms with Crippen LogP contribution in [0.2, 0.25) is 0 Å². The molecule has 0 fully saturated rings. The Morgan fingerprint density at radius 1 is 0.731 bits per heavy atom. The molecule has 0 saturated carbocycles. The van der Waals surface area contributed by atoms with Crippen molar-refractivity contribution in [3.63, 3.8) is 0 Å². The Morgan fingerprint density at radius 2 is 1.48 bits per heavy atom. The molecule has 0 bridgehead atoms. The minimum Gasteiger partial charge on any atom is -0.498 e. The molecule has 0 N–H and O–H groups in total. The van der Waals surface area contributed by atoms with Gasteiger partial charge in [0.15, 0.2) is 0 Å². The first-order chi connectivity index (χ1) is 24.4. The number of pyridine rings is 2. The minimum absolute atomic E-state index is 0. The minimum atomic E-state index is -0.00839. The van der Waals surface area contributed by atoms with E-state index in [9.17, 15) is 0 Å². The number of aromatic nitrogens is 3. The maximum Gasteiger partial charge on any atom is 0.148 e. The summed E-state index contributed by atoms with van der Waals surface area (Å²) in [4.78, 5) is 14.3. The molecule has 265 valence electrons. The maximum absolute atomic E-state index is 6.64. The van der Waals surface area contributed by atoms with Crippen molar-refractivity contribution < 1.29 is 24.5 Å². The van der Waals surface area contributed by atoms with E-state index in [0.717, 1.165) is 66.1 Å². The van der Waals surface area contributed by atoms with E-state index >= 15 is 0 Å². The van der Waals surface area contributed by atoms with E-state index in [1.807, 2.05) is 48.5 Å². The van der Waals surface area contributed by atoms with Crippen molar-refractivity contribution in [2.24, 2.45) is 5.41 Å². The summed E-state index contributed by atoms with van der Waals surface area (Å²) in [6.45, 7) is 17.9. The standard InChI is InChI=1S/C35H35N2OS.C11H8N.Ir/c1-20-11-9-12-21(2)29(20)26-19-36-27(17-22(26)18-34(3,4)5)25-14-10-13-23-24-15-16-28-30(32(24)38-31(23)25)37-33(39-28)35(6,7)8;1-2-6-10(7-3-1)11-8-4-5-9-12-11;/h9-13,15-17,19H,18H2,1-8H3;1-6,8-9H;/q2*-1;. The molecule has 1 radical (unpaired) electrons. The van der Waals surface area contributed by atoms with Crippen molar-refractivity contribution >= 4 is 43.5 Å². The van der Waals surface area contributed by atoms with Crippen molar-refractivity contribution in [2.45, 2.75) is 67.2 Å².